The fourth-order valence-electron chi connectivity index (χ4n) is 3.00. The maximum atomic E-state index is 9.43. The van der Waals surface area contributed by atoms with Crippen LogP contribution in [-0.2, 0) is 6.42 Å². The lowest BCUT2D eigenvalue weighted by Crippen LogP contribution is -2.27. The number of hydrogen-bond donors (Lipinski definition) is 0. The molecule has 0 radical (unpaired) electrons. The second kappa shape index (κ2) is 5.35. The molecule has 1 fully saturated rings. The van der Waals surface area contributed by atoms with Gasteiger partial charge in [0.25, 0.3) is 0 Å². The lowest BCUT2D eigenvalue weighted by Gasteiger charge is -2.29. The van der Waals surface area contributed by atoms with E-state index in [9.17, 15) is 5.26 Å². The van der Waals surface area contributed by atoms with Gasteiger partial charge in [-0.05, 0) is 50.4 Å². The largest absolute Gasteiger partial charge is 0.301 e. The average Bonchev–Trinajstić information content (AvgIpc) is 3.11. The van der Waals surface area contributed by atoms with Crippen molar-refractivity contribution in [3.05, 3.63) is 35.4 Å². The van der Waals surface area contributed by atoms with Crippen molar-refractivity contribution in [1.82, 2.24) is 4.90 Å². The minimum atomic E-state index is -0.150. The molecule has 2 heteroatoms. The Morgan fingerprint density at radius 1 is 1.21 bits per heavy atom. The molecule has 1 saturated carbocycles. The van der Waals surface area contributed by atoms with Crippen molar-refractivity contribution in [3.63, 3.8) is 0 Å². The molecule has 19 heavy (non-hydrogen) atoms. The molecule has 0 saturated heterocycles. The zero-order valence-electron chi connectivity index (χ0n) is 12.5. The molecule has 0 heterocycles. The predicted octanol–water partition coefficient (Wildman–Crippen LogP) is 3.79. The molecule has 1 aliphatic rings. The van der Waals surface area contributed by atoms with E-state index >= 15 is 0 Å². The highest BCUT2D eigenvalue weighted by Crippen LogP contribution is 2.56. The molecule has 0 bridgehead atoms. The molecule has 0 N–H and O–H groups in total. The Balaban J connectivity index is 2.22. The highest BCUT2D eigenvalue weighted by molar-refractivity contribution is 5.31. The third kappa shape index (κ3) is 2.98. The molecule has 102 valence electrons. The molecular formula is C17H24N2. The summed E-state index contributed by atoms with van der Waals surface area (Å²) >= 11 is 0. The van der Waals surface area contributed by atoms with E-state index < -0.39 is 0 Å². The molecule has 0 spiro atoms. The van der Waals surface area contributed by atoms with Gasteiger partial charge in [-0.2, -0.15) is 5.26 Å². The van der Waals surface area contributed by atoms with Crippen LogP contribution in [0.5, 0.6) is 0 Å². The van der Waals surface area contributed by atoms with Gasteiger partial charge in [-0.1, -0.05) is 38.1 Å². The van der Waals surface area contributed by atoms with E-state index in [0.717, 1.165) is 19.3 Å². The van der Waals surface area contributed by atoms with Gasteiger partial charge in [0.1, 0.15) is 0 Å². The molecule has 0 aromatic heterocycles. The monoisotopic (exact) mass is 256 g/mol. The third-order valence-electron chi connectivity index (χ3n) is 3.99. The predicted molar refractivity (Wildman–Crippen MR) is 78.7 cm³/mol. The average molecular weight is 256 g/mol. The van der Waals surface area contributed by atoms with Crippen LogP contribution in [0.25, 0.3) is 0 Å². The molecule has 1 aliphatic carbocycles. The van der Waals surface area contributed by atoms with E-state index in [4.69, 9.17) is 0 Å². The van der Waals surface area contributed by atoms with Gasteiger partial charge in [0.15, 0.2) is 0 Å². The normalized spacial score (nSPS) is 18.4. The van der Waals surface area contributed by atoms with Crippen LogP contribution < -0.4 is 0 Å². The number of rotatable bonds is 5. The van der Waals surface area contributed by atoms with Crippen molar-refractivity contribution in [1.29, 1.82) is 5.26 Å². The fourth-order valence-corrected chi connectivity index (χ4v) is 3.00. The van der Waals surface area contributed by atoms with Crippen molar-refractivity contribution in [2.24, 2.45) is 11.3 Å². The summed E-state index contributed by atoms with van der Waals surface area (Å²) in [6.45, 7) is 4.48. The van der Waals surface area contributed by atoms with Crippen LogP contribution in [-0.4, -0.2) is 19.0 Å². The first kappa shape index (κ1) is 14.1. The van der Waals surface area contributed by atoms with Crippen LogP contribution in [0.4, 0.5) is 0 Å². The maximum absolute atomic E-state index is 9.43. The second-order valence-electron chi connectivity index (χ2n) is 6.47. The maximum Gasteiger partial charge on any atom is 0.0771 e. The molecule has 1 aromatic carbocycles. The van der Waals surface area contributed by atoms with Crippen LogP contribution in [0.3, 0.4) is 0 Å². The Labute approximate surface area is 117 Å². The van der Waals surface area contributed by atoms with Gasteiger partial charge >= 0.3 is 0 Å². The van der Waals surface area contributed by atoms with Crippen LogP contribution in [0.1, 0.15) is 43.9 Å². The summed E-state index contributed by atoms with van der Waals surface area (Å²) in [6.07, 6.45) is 3.18. The Hall–Kier alpha value is -1.33. The molecule has 2 rings (SSSR count). The Bertz CT molecular complexity index is 461. The van der Waals surface area contributed by atoms with Crippen LogP contribution in [0.2, 0.25) is 0 Å². The SMILES string of the molecule is CC(C)Cc1ccc(C(N(C)C)C2(C#N)CC2)cc1. The van der Waals surface area contributed by atoms with Crippen molar-refractivity contribution in [2.75, 3.05) is 14.1 Å². The molecule has 1 aromatic rings. The molecular weight excluding hydrogens is 232 g/mol. The number of hydrogen-bond acceptors (Lipinski definition) is 2. The zero-order chi connectivity index (χ0) is 14.0. The Morgan fingerprint density at radius 3 is 2.16 bits per heavy atom. The second-order valence-corrected chi connectivity index (χ2v) is 6.47. The zero-order valence-corrected chi connectivity index (χ0v) is 12.5. The van der Waals surface area contributed by atoms with E-state index in [1.54, 1.807) is 0 Å². The standard InChI is InChI=1S/C17H24N2/c1-13(2)11-14-5-7-15(8-6-14)16(19(3)4)17(12-18)9-10-17/h5-8,13,16H,9-11H2,1-4H3. The summed E-state index contributed by atoms with van der Waals surface area (Å²) in [7, 11) is 4.15. The first-order valence-electron chi connectivity index (χ1n) is 7.15. The van der Waals surface area contributed by atoms with Gasteiger partial charge in [-0.25, -0.2) is 0 Å². The van der Waals surface area contributed by atoms with E-state index in [-0.39, 0.29) is 11.5 Å². The molecule has 1 atom stereocenters. The van der Waals surface area contributed by atoms with Crippen molar-refractivity contribution < 1.29 is 0 Å². The smallest absolute Gasteiger partial charge is 0.0771 e. The van der Waals surface area contributed by atoms with Gasteiger partial charge < -0.3 is 4.90 Å². The fraction of sp³-hybridized carbons (Fsp3) is 0.588. The summed E-state index contributed by atoms with van der Waals surface area (Å²) in [6, 6.07) is 11.6. The van der Waals surface area contributed by atoms with E-state index in [1.165, 1.54) is 11.1 Å². The summed E-state index contributed by atoms with van der Waals surface area (Å²) < 4.78 is 0. The molecule has 1 unspecified atom stereocenters. The van der Waals surface area contributed by atoms with Gasteiger partial charge in [-0.3, -0.25) is 0 Å². The summed E-state index contributed by atoms with van der Waals surface area (Å²) in [4.78, 5) is 2.19. The topological polar surface area (TPSA) is 27.0 Å². The molecule has 2 nitrogen and oxygen atoms in total. The first-order chi connectivity index (χ1) is 8.98. The highest BCUT2D eigenvalue weighted by Gasteiger charge is 2.51. The Kier molecular flexibility index (Phi) is 3.96. The minimum Gasteiger partial charge on any atom is -0.301 e. The van der Waals surface area contributed by atoms with E-state index in [0.29, 0.717) is 5.92 Å². The van der Waals surface area contributed by atoms with E-state index in [2.05, 4.69) is 63.2 Å². The summed E-state index contributed by atoms with van der Waals surface area (Å²) in [5.41, 5.74) is 2.51. The van der Waals surface area contributed by atoms with Crippen molar-refractivity contribution >= 4 is 0 Å². The van der Waals surface area contributed by atoms with Crippen LogP contribution >= 0.6 is 0 Å². The highest BCUT2D eigenvalue weighted by atomic mass is 15.1. The van der Waals surface area contributed by atoms with Crippen molar-refractivity contribution in [2.45, 2.75) is 39.2 Å². The quantitative estimate of drug-likeness (QED) is 0.801. The third-order valence-corrected chi connectivity index (χ3v) is 3.99. The summed E-state index contributed by atoms with van der Waals surface area (Å²) in [5.74, 6) is 0.685. The van der Waals surface area contributed by atoms with Gasteiger partial charge in [0, 0.05) is 0 Å². The first-order valence-corrected chi connectivity index (χ1v) is 7.15. The lowest BCUT2D eigenvalue weighted by molar-refractivity contribution is 0.232. The van der Waals surface area contributed by atoms with Gasteiger partial charge in [-0.15, -0.1) is 0 Å². The van der Waals surface area contributed by atoms with Gasteiger partial charge in [0.05, 0.1) is 17.5 Å². The number of benzene rings is 1. The van der Waals surface area contributed by atoms with Crippen LogP contribution in [0.15, 0.2) is 24.3 Å². The number of nitrogens with zero attached hydrogens (tertiary/aromatic N) is 2. The van der Waals surface area contributed by atoms with Crippen LogP contribution in [0, 0.1) is 22.7 Å². The summed E-state index contributed by atoms with van der Waals surface area (Å²) in [5, 5.41) is 9.43. The van der Waals surface area contributed by atoms with Crippen molar-refractivity contribution in [3.8, 4) is 6.07 Å². The number of nitriles is 1. The lowest BCUT2D eigenvalue weighted by atomic mass is 9.89. The Morgan fingerprint density at radius 2 is 1.79 bits per heavy atom. The molecule has 0 aliphatic heterocycles. The van der Waals surface area contributed by atoms with E-state index in [1.807, 2.05) is 0 Å². The molecule has 0 amide bonds. The van der Waals surface area contributed by atoms with Gasteiger partial charge in [0.2, 0.25) is 0 Å². The minimum absolute atomic E-state index is 0.150.